The van der Waals surface area contributed by atoms with Gasteiger partial charge in [-0.25, -0.2) is 9.78 Å². The van der Waals surface area contributed by atoms with Crippen LogP contribution in [0.1, 0.15) is 28.4 Å². The molecular weight excluding hydrogens is 489 g/mol. The van der Waals surface area contributed by atoms with E-state index in [2.05, 4.69) is 4.74 Å². The minimum atomic E-state index is -4.74. The van der Waals surface area contributed by atoms with Crippen LogP contribution >= 0.6 is 11.9 Å². The normalized spacial score (nSPS) is 11.4. The molecule has 0 atom stereocenters. The van der Waals surface area contributed by atoms with Gasteiger partial charge in [0.25, 0.3) is 0 Å². The minimum absolute atomic E-state index is 0.278. The first-order valence-electron chi connectivity index (χ1n) is 11.1. The van der Waals surface area contributed by atoms with Crippen LogP contribution in [0.25, 0.3) is 10.8 Å². The summed E-state index contributed by atoms with van der Waals surface area (Å²) in [7, 11) is 0. The molecular formula is C27H23F3N2O3S. The van der Waals surface area contributed by atoms with Gasteiger partial charge in [0.1, 0.15) is 11.6 Å². The molecule has 0 radical (unpaired) electrons. The van der Waals surface area contributed by atoms with E-state index in [0.29, 0.717) is 18.7 Å². The zero-order chi connectivity index (χ0) is 25.7. The van der Waals surface area contributed by atoms with Gasteiger partial charge < -0.3 is 9.47 Å². The second-order valence-electron chi connectivity index (χ2n) is 7.86. The molecule has 186 valence electrons. The molecule has 0 amide bonds. The van der Waals surface area contributed by atoms with E-state index in [9.17, 15) is 18.0 Å². The van der Waals surface area contributed by atoms with Crippen LogP contribution in [0.5, 0.6) is 5.75 Å². The number of fused-ring (bicyclic) bond motifs is 1. The molecule has 3 aromatic carbocycles. The van der Waals surface area contributed by atoms with Crippen LogP contribution in [0.2, 0.25) is 0 Å². The Balaban J connectivity index is 1.64. The van der Waals surface area contributed by atoms with Gasteiger partial charge >= 0.3 is 12.3 Å². The van der Waals surface area contributed by atoms with Crippen LogP contribution in [0.4, 0.5) is 19.0 Å². The molecule has 0 spiro atoms. The highest BCUT2D eigenvalue weighted by Gasteiger charge is 2.31. The number of carbonyl (C=O) groups excluding carboxylic acids is 1. The van der Waals surface area contributed by atoms with Crippen molar-refractivity contribution in [2.24, 2.45) is 0 Å². The predicted octanol–water partition coefficient (Wildman–Crippen LogP) is 7.33. The van der Waals surface area contributed by atoms with Crippen molar-refractivity contribution in [3.05, 3.63) is 95.7 Å². The fraction of sp³-hybridized carbons (Fsp3) is 0.185. The number of halogens is 3. The molecule has 1 aromatic heterocycles. The van der Waals surface area contributed by atoms with Crippen molar-refractivity contribution in [3.63, 3.8) is 0 Å². The summed E-state index contributed by atoms with van der Waals surface area (Å²) in [6.45, 7) is 4.40. The van der Waals surface area contributed by atoms with Gasteiger partial charge in [-0.3, -0.25) is 4.31 Å². The van der Waals surface area contributed by atoms with Gasteiger partial charge in [0.15, 0.2) is 0 Å². The van der Waals surface area contributed by atoms with Crippen LogP contribution in [-0.2, 0) is 11.3 Å². The van der Waals surface area contributed by atoms with Crippen molar-refractivity contribution in [1.29, 1.82) is 0 Å². The highest BCUT2D eigenvalue weighted by Crippen LogP contribution is 2.35. The van der Waals surface area contributed by atoms with Crippen molar-refractivity contribution < 1.29 is 27.4 Å². The summed E-state index contributed by atoms with van der Waals surface area (Å²) in [6.07, 6.45) is -2.94. The third-order valence-corrected chi connectivity index (χ3v) is 6.33. The number of esters is 1. The molecule has 1 heterocycles. The first-order valence-corrected chi connectivity index (χ1v) is 11.9. The highest BCUT2D eigenvalue weighted by atomic mass is 32.2. The molecule has 0 saturated heterocycles. The second kappa shape index (κ2) is 10.9. The fourth-order valence-electron chi connectivity index (χ4n) is 3.66. The lowest BCUT2D eigenvalue weighted by molar-refractivity contribution is -0.274. The van der Waals surface area contributed by atoms with Crippen molar-refractivity contribution in [2.45, 2.75) is 31.7 Å². The number of benzene rings is 3. The molecule has 4 rings (SSSR count). The highest BCUT2D eigenvalue weighted by molar-refractivity contribution is 8.00. The lowest BCUT2D eigenvalue weighted by atomic mass is 10.1. The number of carbonyl (C=O) groups is 1. The number of ether oxygens (including phenoxy) is 2. The molecule has 0 aliphatic heterocycles. The van der Waals surface area contributed by atoms with Gasteiger partial charge in [-0.2, -0.15) is 0 Å². The Hall–Kier alpha value is -3.72. The summed E-state index contributed by atoms with van der Waals surface area (Å²) in [6, 6.07) is 20.7. The average Bonchev–Trinajstić information content (AvgIpc) is 2.85. The third kappa shape index (κ3) is 6.28. The van der Waals surface area contributed by atoms with E-state index >= 15 is 0 Å². The monoisotopic (exact) mass is 512 g/mol. The number of nitrogens with zero attached hydrogens (tertiary/aromatic N) is 2. The number of pyridine rings is 1. The maximum absolute atomic E-state index is 12.5. The molecule has 0 unspecified atom stereocenters. The summed E-state index contributed by atoms with van der Waals surface area (Å²) in [4.78, 5) is 17.5. The van der Waals surface area contributed by atoms with Gasteiger partial charge in [-0.1, -0.05) is 36.4 Å². The SMILES string of the molecule is CCOC(=O)c1ccc(SN(Cc2ccc(OC(F)(F)F)cc2)c2ncc3ccccc3c2C)cc1. The Bertz CT molecular complexity index is 1340. The number of aromatic nitrogens is 1. The maximum atomic E-state index is 12.5. The van der Waals surface area contributed by atoms with Crippen molar-refractivity contribution in [1.82, 2.24) is 4.98 Å². The van der Waals surface area contributed by atoms with Crippen molar-refractivity contribution in [3.8, 4) is 5.75 Å². The van der Waals surface area contributed by atoms with E-state index in [1.807, 2.05) is 47.6 Å². The first kappa shape index (κ1) is 25.4. The van der Waals surface area contributed by atoms with E-state index in [4.69, 9.17) is 9.72 Å². The molecule has 0 saturated carbocycles. The lowest BCUT2D eigenvalue weighted by Crippen LogP contribution is -2.18. The summed E-state index contributed by atoms with van der Waals surface area (Å²) >= 11 is 1.41. The van der Waals surface area contributed by atoms with Crippen LogP contribution in [0, 0.1) is 6.92 Å². The Labute approximate surface area is 211 Å². The lowest BCUT2D eigenvalue weighted by Gasteiger charge is -2.25. The van der Waals surface area contributed by atoms with Gasteiger partial charge in [0.2, 0.25) is 0 Å². The zero-order valence-corrected chi connectivity index (χ0v) is 20.4. The second-order valence-corrected chi connectivity index (χ2v) is 8.95. The summed E-state index contributed by atoms with van der Waals surface area (Å²) < 4.78 is 48.6. The summed E-state index contributed by atoms with van der Waals surface area (Å²) in [5.41, 5.74) is 2.20. The Morgan fingerprint density at radius 1 is 1.00 bits per heavy atom. The standard InChI is InChI=1S/C27H23F3N2O3S/c1-3-34-26(33)20-10-14-23(15-11-20)36-32(17-19-8-12-22(13-9-19)35-27(28,29)30)25-18(2)24-7-5-4-6-21(24)16-31-25/h4-16H,3,17H2,1-2H3. The molecule has 0 fully saturated rings. The van der Waals surface area contributed by atoms with Crippen LogP contribution < -0.4 is 9.04 Å². The molecule has 0 aliphatic carbocycles. The number of rotatable bonds is 8. The number of aryl methyl sites for hydroxylation is 1. The zero-order valence-electron chi connectivity index (χ0n) is 19.6. The third-order valence-electron chi connectivity index (χ3n) is 5.33. The van der Waals surface area contributed by atoms with E-state index in [1.165, 1.54) is 24.1 Å². The number of alkyl halides is 3. The largest absolute Gasteiger partial charge is 0.573 e. The Morgan fingerprint density at radius 3 is 2.36 bits per heavy atom. The molecule has 9 heteroatoms. The van der Waals surface area contributed by atoms with Gasteiger partial charge in [-0.05, 0) is 73.1 Å². The van der Waals surface area contributed by atoms with E-state index < -0.39 is 6.36 Å². The number of anilines is 1. The van der Waals surface area contributed by atoms with Gasteiger partial charge in [-0.15, -0.1) is 13.2 Å². The summed E-state index contributed by atoms with van der Waals surface area (Å²) in [5.74, 6) is 0.0583. The van der Waals surface area contributed by atoms with E-state index in [0.717, 1.165) is 32.6 Å². The van der Waals surface area contributed by atoms with Gasteiger partial charge in [0.05, 0.1) is 18.7 Å². The minimum Gasteiger partial charge on any atom is -0.462 e. The quantitative estimate of drug-likeness (QED) is 0.182. The van der Waals surface area contributed by atoms with Crippen molar-refractivity contribution >= 4 is 34.5 Å². The van der Waals surface area contributed by atoms with E-state index in [-0.39, 0.29) is 11.7 Å². The Kier molecular flexibility index (Phi) is 7.69. The smallest absolute Gasteiger partial charge is 0.462 e. The Morgan fingerprint density at radius 2 is 1.69 bits per heavy atom. The van der Waals surface area contributed by atoms with Crippen LogP contribution in [0.3, 0.4) is 0 Å². The molecule has 5 nitrogen and oxygen atoms in total. The summed E-state index contributed by atoms with van der Waals surface area (Å²) in [5, 5.41) is 2.07. The van der Waals surface area contributed by atoms with Crippen LogP contribution in [-0.4, -0.2) is 23.9 Å². The van der Waals surface area contributed by atoms with Crippen LogP contribution in [0.15, 0.2) is 83.9 Å². The maximum Gasteiger partial charge on any atom is 0.573 e. The molecule has 0 aliphatic rings. The predicted molar refractivity (Wildman–Crippen MR) is 134 cm³/mol. The van der Waals surface area contributed by atoms with Crippen molar-refractivity contribution in [2.75, 3.05) is 10.9 Å². The average molecular weight is 513 g/mol. The number of hydrogen-bond donors (Lipinski definition) is 0. The topological polar surface area (TPSA) is 51.7 Å². The molecule has 36 heavy (non-hydrogen) atoms. The number of hydrogen-bond acceptors (Lipinski definition) is 6. The fourth-order valence-corrected chi connectivity index (χ4v) is 4.65. The first-order chi connectivity index (χ1) is 17.2. The van der Waals surface area contributed by atoms with Gasteiger partial charge in [0, 0.05) is 22.0 Å². The van der Waals surface area contributed by atoms with E-state index in [1.54, 1.807) is 37.4 Å². The molecule has 0 N–H and O–H groups in total. The molecule has 4 aromatic rings. The molecule has 0 bridgehead atoms.